The minimum Gasteiger partial charge on any atom is -0.357 e. The summed E-state index contributed by atoms with van der Waals surface area (Å²) in [7, 11) is 0. The first-order chi connectivity index (χ1) is 10.8. The molecule has 1 aromatic rings. The van der Waals surface area contributed by atoms with Gasteiger partial charge in [-0.15, -0.1) is 0 Å². The average Bonchev–Trinajstić information content (AvgIpc) is 2.89. The molecule has 0 radical (unpaired) electrons. The Kier molecular flexibility index (Phi) is 4.80. The number of rotatable bonds is 4. The van der Waals surface area contributed by atoms with E-state index >= 15 is 0 Å². The lowest BCUT2D eigenvalue weighted by atomic mass is 9.96. The molecule has 0 amide bonds. The summed E-state index contributed by atoms with van der Waals surface area (Å²) >= 11 is 0. The molecule has 126 valence electrons. The lowest BCUT2D eigenvalue weighted by molar-refractivity contribution is -0.138. The summed E-state index contributed by atoms with van der Waals surface area (Å²) in [6.45, 7) is 0.280. The molecule has 1 aliphatic rings. The fraction of sp³-hybridized carbons (Fsp3) is 0.533. The highest BCUT2D eigenvalue weighted by atomic mass is 19.4. The van der Waals surface area contributed by atoms with E-state index in [0.29, 0.717) is 0 Å². The van der Waals surface area contributed by atoms with Gasteiger partial charge in [-0.05, 0) is 24.6 Å². The van der Waals surface area contributed by atoms with Crippen molar-refractivity contribution < 1.29 is 22.0 Å². The number of nitrogens with zero attached hydrogens (tertiary/aromatic N) is 2. The highest BCUT2D eigenvalue weighted by Crippen LogP contribution is 2.40. The van der Waals surface area contributed by atoms with Crippen LogP contribution >= 0.6 is 0 Å². The molecular formula is C15H16F5N3. The van der Waals surface area contributed by atoms with Crippen molar-refractivity contribution in [2.75, 3.05) is 31.5 Å². The molecule has 3 nitrogen and oxygen atoms in total. The van der Waals surface area contributed by atoms with Crippen molar-refractivity contribution in [3.8, 4) is 6.07 Å². The maximum atomic E-state index is 13.3. The van der Waals surface area contributed by atoms with Gasteiger partial charge in [-0.25, -0.2) is 4.39 Å². The number of anilines is 1. The zero-order chi connectivity index (χ0) is 17.3. The summed E-state index contributed by atoms with van der Waals surface area (Å²) in [6, 6.07) is 3.95. The predicted molar refractivity (Wildman–Crippen MR) is 75.6 cm³/mol. The molecule has 1 N–H and O–H groups in total. The van der Waals surface area contributed by atoms with Gasteiger partial charge in [-0.3, -0.25) is 9.71 Å². The standard InChI is InChI=1S/C15H16F5N3/c1-14(7-17)8-23(9-22-14)12-3-2-10(6-21)13(15(18,19)20)11(12)4-5-16/h2-3,22H,4-5,7-9H2,1H3. The molecule has 0 spiro atoms. The Morgan fingerprint density at radius 3 is 2.52 bits per heavy atom. The van der Waals surface area contributed by atoms with E-state index in [2.05, 4.69) is 5.32 Å². The molecule has 0 saturated carbocycles. The van der Waals surface area contributed by atoms with E-state index in [-0.39, 0.29) is 24.5 Å². The molecule has 1 fully saturated rings. The van der Waals surface area contributed by atoms with Crippen molar-refractivity contribution in [2.45, 2.75) is 25.1 Å². The van der Waals surface area contributed by atoms with E-state index in [0.717, 1.165) is 6.07 Å². The van der Waals surface area contributed by atoms with E-state index in [9.17, 15) is 22.0 Å². The molecule has 0 aromatic heterocycles. The Hall–Kier alpha value is -1.88. The molecule has 1 unspecified atom stereocenters. The Bertz CT molecular complexity index is 623. The van der Waals surface area contributed by atoms with Crippen LogP contribution in [0.2, 0.25) is 0 Å². The molecule has 1 atom stereocenters. The quantitative estimate of drug-likeness (QED) is 0.860. The molecule has 1 heterocycles. The first kappa shape index (κ1) is 17.5. The monoisotopic (exact) mass is 333 g/mol. The van der Waals surface area contributed by atoms with Gasteiger partial charge in [-0.2, -0.15) is 18.4 Å². The fourth-order valence-electron chi connectivity index (χ4n) is 2.78. The van der Waals surface area contributed by atoms with Crippen molar-refractivity contribution in [2.24, 2.45) is 0 Å². The van der Waals surface area contributed by atoms with Gasteiger partial charge in [-0.1, -0.05) is 0 Å². The fourth-order valence-corrected chi connectivity index (χ4v) is 2.78. The van der Waals surface area contributed by atoms with E-state index in [1.165, 1.54) is 12.1 Å². The van der Waals surface area contributed by atoms with Crippen LogP contribution in [0.25, 0.3) is 0 Å². The van der Waals surface area contributed by atoms with Crippen molar-refractivity contribution >= 4 is 5.69 Å². The van der Waals surface area contributed by atoms with Crippen LogP contribution in [-0.4, -0.2) is 32.1 Å². The first-order valence-electron chi connectivity index (χ1n) is 7.01. The second kappa shape index (κ2) is 6.32. The molecule has 0 bridgehead atoms. The van der Waals surface area contributed by atoms with Gasteiger partial charge in [0.05, 0.1) is 36.1 Å². The van der Waals surface area contributed by atoms with Gasteiger partial charge in [0.2, 0.25) is 0 Å². The molecule has 8 heteroatoms. The topological polar surface area (TPSA) is 39.1 Å². The van der Waals surface area contributed by atoms with Crippen LogP contribution < -0.4 is 10.2 Å². The number of hydrogen-bond acceptors (Lipinski definition) is 3. The normalized spacial score (nSPS) is 21.5. The number of alkyl halides is 5. The molecular weight excluding hydrogens is 317 g/mol. The SMILES string of the molecule is CC1(CF)CN(c2ccc(C#N)c(C(F)(F)F)c2CCF)CN1. The molecule has 1 saturated heterocycles. The number of benzene rings is 1. The molecule has 0 aliphatic carbocycles. The van der Waals surface area contributed by atoms with Crippen molar-refractivity contribution in [1.82, 2.24) is 5.32 Å². The molecule has 2 rings (SSSR count). The predicted octanol–water partition coefficient (Wildman–Crippen LogP) is 3.18. The van der Waals surface area contributed by atoms with Crippen LogP contribution in [0.3, 0.4) is 0 Å². The lowest BCUT2D eigenvalue weighted by Gasteiger charge is -2.26. The second-order valence-corrected chi connectivity index (χ2v) is 5.76. The molecule has 1 aliphatic heterocycles. The zero-order valence-corrected chi connectivity index (χ0v) is 12.5. The summed E-state index contributed by atoms with van der Waals surface area (Å²) in [5.41, 5.74) is -2.59. The van der Waals surface area contributed by atoms with Gasteiger partial charge in [0.15, 0.2) is 0 Å². The van der Waals surface area contributed by atoms with Crippen LogP contribution in [-0.2, 0) is 12.6 Å². The molecule has 23 heavy (non-hydrogen) atoms. The number of hydrogen-bond donors (Lipinski definition) is 1. The summed E-state index contributed by atoms with van der Waals surface area (Å²) in [6.07, 6.45) is -5.22. The average molecular weight is 333 g/mol. The zero-order valence-electron chi connectivity index (χ0n) is 12.5. The molecule has 1 aromatic carbocycles. The smallest absolute Gasteiger partial charge is 0.357 e. The maximum absolute atomic E-state index is 13.3. The Labute approximate surface area is 130 Å². The third-order valence-electron chi connectivity index (χ3n) is 3.91. The van der Waals surface area contributed by atoms with Gasteiger partial charge < -0.3 is 4.90 Å². The van der Waals surface area contributed by atoms with Gasteiger partial charge in [0.1, 0.15) is 6.67 Å². The van der Waals surface area contributed by atoms with Crippen LogP contribution in [0.15, 0.2) is 12.1 Å². The van der Waals surface area contributed by atoms with Crippen LogP contribution in [0.4, 0.5) is 27.6 Å². The number of nitriles is 1. The minimum absolute atomic E-state index is 0.156. The Morgan fingerprint density at radius 2 is 2.04 bits per heavy atom. The summed E-state index contributed by atoms with van der Waals surface area (Å²) in [4.78, 5) is 1.54. The third-order valence-corrected chi connectivity index (χ3v) is 3.91. The van der Waals surface area contributed by atoms with Crippen molar-refractivity contribution in [1.29, 1.82) is 5.26 Å². The van der Waals surface area contributed by atoms with E-state index < -0.39 is 42.6 Å². The van der Waals surface area contributed by atoms with Crippen LogP contribution in [0, 0.1) is 11.3 Å². The number of halogens is 5. The van der Waals surface area contributed by atoms with Crippen molar-refractivity contribution in [3.63, 3.8) is 0 Å². The van der Waals surface area contributed by atoms with Crippen LogP contribution in [0.1, 0.15) is 23.6 Å². The van der Waals surface area contributed by atoms with Crippen molar-refractivity contribution in [3.05, 3.63) is 28.8 Å². The largest absolute Gasteiger partial charge is 0.418 e. The van der Waals surface area contributed by atoms with E-state index in [4.69, 9.17) is 5.26 Å². The van der Waals surface area contributed by atoms with Gasteiger partial charge >= 0.3 is 6.18 Å². The highest BCUT2D eigenvalue weighted by molar-refractivity contribution is 5.63. The van der Waals surface area contributed by atoms with E-state index in [1.807, 2.05) is 0 Å². The Balaban J connectivity index is 2.55. The third kappa shape index (κ3) is 3.39. The first-order valence-corrected chi connectivity index (χ1v) is 7.01. The summed E-state index contributed by atoms with van der Waals surface area (Å²) < 4.78 is 65.9. The summed E-state index contributed by atoms with van der Waals surface area (Å²) in [5.74, 6) is 0. The minimum atomic E-state index is -4.76. The lowest BCUT2D eigenvalue weighted by Crippen LogP contribution is -2.41. The van der Waals surface area contributed by atoms with Gasteiger partial charge in [0, 0.05) is 18.7 Å². The Morgan fingerprint density at radius 1 is 1.35 bits per heavy atom. The number of nitrogens with one attached hydrogen (secondary N) is 1. The summed E-state index contributed by atoms with van der Waals surface area (Å²) in [5, 5.41) is 11.8. The second-order valence-electron chi connectivity index (χ2n) is 5.76. The van der Waals surface area contributed by atoms with Crippen LogP contribution in [0.5, 0.6) is 0 Å². The van der Waals surface area contributed by atoms with E-state index in [1.54, 1.807) is 11.8 Å². The van der Waals surface area contributed by atoms with Gasteiger partial charge in [0.25, 0.3) is 0 Å². The highest BCUT2D eigenvalue weighted by Gasteiger charge is 2.40. The maximum Gasteiger partial charge on any atom is 0.418 e.